The second-order valence-electron chi connectivity index (χ2n) is 9.75. The molecule has 1 saturated heterocycles. The molecule has 2 aliphatic rings. The second kappa shape index (κ2) is 10.3. The van der Waals surface area contributed by atoms with Crippen molar-refractivity contribution in [2.45, 2.75) is 12.6 Å². The normalized spacial score (nSPS) is 17.3. The van der Waals surface area contributed by atoms with Gasteiger partial charge in [0, 0.05) is 36.0 Å². The van der Waals surface area contributed by atoms with E-state index in [9.17, 15) is 4.79 Å². The van der Waals surface area contributed by atoms with E-state index >= 15 is 0 Å². The van der Waals surface area contributed by atoms with Gasteiger partial charge in [-0.3, -0.25) is 9.79 Å². The van der Waals surface area contributed by atoms with Crippen molar-refractivity contribution in [2.24, 2.45) is 4.99 Å². The van der Waals surface area contributed by atoms with Gasteiger partial charge >= 0.3 is 6.01 Å². The molecule has 3 aromatic carbocycles. The van der Waals surface area contributed by atoms with Crippen LogP contribution in [0.5, 0.6) is 0 Å². The van der Waals surface area contributed by atoms with E-state index in [2.05, 4.69) is 20.4 Å². The van der Waals surface area contributed by atoms with Crippen LogP contribution in [0.1, 0.15) is 16.7 Å². The number of pyridine rings is 1. The number of fused-ring (bicyclic) bond motifs is 2. The number of aliphatic imine (C=N–C) groups is 1. The zero-order valence-electron chi connectivity index (χ0n) is 21.7. The molecule has 5 aromatic rings. The van der Waals surface area contributed by atoms with Crippen molar-refractivity contribution in [2.75, 3.05) is 36.5 Å². The fourth-order valence-corrected chi connectivity index (χ4v) is 5.19. The average molecular weight is 531 g/mol. The molecule has 7 rings (SSSR count). The first-order chi connectivity index (χ1) is 19.7. The highest BCUT2D eigenvalue weighted by Crippen LogP contribution is 2.33. The number of carbonyl (C=O) groups is 1. The monoisotopic (exact) mass is 530 g/mol. The molecule has 1 N–H and O–H groups in total. The Kier molecular flexibility index (Phi) is 6.25. The minimum absolute atomic E-state index is 0.0838. The summed E-state index contributed by atoms with van der Waals surface area (Å²) in [5.41, 5.74) is 5.16. The molecule has 1 fully saturated rings. The van der Waals surface area contributed by atoms with Gasteiger partial charge in [0.25, 0.3) is 5.89 Å². The van der Waals surface area contributed by atoms with Gasteiger partial charge in [-0.25, -0.2) is 4.98 Å². The maximum atomic E-state index is 13.4. The topological polar surface area (TPSA) is 106 Å². The number of nitrogens with one attached hydrogen (secondary N) is 1. The van der Waals surface area contributed by atoms with E-state index in [1.165, 1.54) is 0 Å². The molecule has 0 bridgehead atoms. The van der Waals surface area contributed by atoms with E-state index in [-0.39, 0.29) is 18.2 Å². The number of aromatic nitrogens is 3. The number of ketones is 1. The van der Waals surface area contributed by atoms with Crippen molar-refractivity contribution >= 4 is 34.2 Å². The van der Waals surface area contributed by atoms with Gasteiger partial charge in [-0.15, -0.1) is 5.10 Å². The van der Waals surface area contributed by atoms with Gasteiger partial charge < -0.3 is 19.4 Å². The van der Waals surface area contributed by atoms with Crippen LogP contribution in [0.15, 0.2) is 94.3 Å². The number of ether oxygens (including phenoxy) is 1. The molecule has 9 heteroatoms. The minimum Gasteiger partial charge on any atom is -0.403 e. The number of Topliss-reactive ketones (excluding diaryl/α,β-unsaturated/α-hetero) is 1. The fourth-order valence-electron chi connectivity index (χ4n) is 5.19. The summed E-state index contributed by atoms with van der Waals surface area (Å²) < 4.78 is 11.7. The highest BCUT2D eigenvalue weighted by Gasteiger charge is 2.28. The van der Waals surface area contributed by atoms with Crippen LogP contribution in [-0.4, -0.2) is 59.1 Å². The summed E-state index contributed by atoms with van der Waals surface area (Å²) in [6.07, 6.45) is -0.644. The summed E-state index contributed by atoms with van der Waals surface area (Å²) in [4.78, 5) is 25.3. The molecule has 0 unspecified atom stereocenters. The Labute approximate surface area is 230 Å². The maximum Gasteiger partial charge on any atom is 0.317 e. The summed E-state index contributed by atoms with van der Waals surface area (Å²) in [6.45, 7) is 2.68. The number of morpholine rings is 1. The molecule has 0 aliphatic carbocycles. The Morgan fingerprint density at radius 2 is 1.62 bits per heavy atom. The summed E-state index contributed by atoms with van der Waals surface area (Å²) in [6, 6.07) is 27.8. The van der Waals surface area contributed by atoms with Crippen LogP contribution in [0, 0.1) is 0 Å². The SMILES string of the molecule is O=C1Cc2ccccc2C(c2ccccc2)=N[C@@H]1Nc1nnc(-c2cc3ccccc3nc2N2CCOCC2)o1. The highest BCUT2D eigenvalue weighted by molar-refractivity contribution is 6.16. The predicted octanol–water partition coefficient (Wildman–Crippen LogP) is 4.52. The van der Waals surface area contributed by atoms with Crippen LogP contribution >= 0.6 is 0 Å². The average Bonchev–Trinajstić information content (AvgIpc) is 3.43. The Hall–Kier alpha value is -4.89. The Morgan fingerprint density at radius 1 is 0.850 bits per heavy atom. The summed E-state index contributed by atoms with van der Waals surface area (Å²) in [5, 5.41) is 12.7. The standard InChI is InChI=1S/C31H26N6O3/c38-26-19-21-10-4-6-12-23(21)27(20-8-2-1-3-9-20)33-28(26)34-31-36-35-30(40-31)24-18-22-11-5-7-13-25(22)32-29(24)37-14-16-39-17-15-37/h1-13,18,28H,14-17,19H2,(H,34,36)/t28-/m1/s1. The van der Waals surface area contributed by atoms with Crippen molar-refractivity contribution in [1.29, 1.82) is 0 Å². The van der Waals surface area contributed by atoms with E-state index in [1.54, 1.807) is 0 Å². The second-order valence-corrected chi connectivity index (χ2v) is 9.75. The molecule has 2 aromatic heterocycles. The van der Waals surface area contributed by atoms with E-state index in [0.717, 1.165) is 44.7 Å². The minimum atomic E-state index is -0.885. The van der Waals surface area contributed by atoms with E-state index in [0.29, 0.717) is 32.2 Å². The quantitative estimate of drug-likeness (QED) is 0.354. The van der Waals surface area contributed by atoms with Gasteiger partial charge in [0.05, 0.1) is 30.0 Å². The van der Waals surface area contributed by atoms with Crippen molar-refractivity contribution in [3.05, 3.63) is 102 Å². The first-order valence-corrected chi connectivity index (χ1v) is 13.3. The zero-order chi connectivity index (χ0) is 26.9. The third kappa shape index (κ3) is 4.60. The fraction of sp³-hybridized carbons (Fsp3) is 0.194. The van der Waals surface area contributed by atoms with Crippen LogP contribution in [0.4, 0.5) is 11.8 Å². The van der Waals surface area contributed by atoms with Crippen LogP contribution in [0.25, 0.3) is 22.4 Å². The number of carbonyl (C=O) groups excluding carboxylic acids is 1. The van der Waals surface area contributed by atoms with E-state index in [4.69, 9.17) is 19.1 Å². The van der Waals surface area contributed by atoms with Crippen molar-refractivity contribution < 1.29 is 13.9 Å². The van der Waals surface area contributed by atoms with Gasteiger partial charge in [0.2, 0.25) is 0 Å². The molecule has 2 aliphatic heterocycles. The van der Waals surface area contributed by atoms with Crippen molar-refractivity contribution in [3.63, 3.8) is 0 Å². The smallest absolute Gasteiger partial charge is 0.317 e. The van der Waals surface area contributed by atoms with Gasteiger partial charge in [-0.1, -0.05) is 77.9 Å². The molecule has 198 valence electrons. The van der Waals surface area contributed by atoms with Crippen LogP contribution in [0.3, 0.4) is 0 Å². The van der Waals surface area contributed by atoms with Crippen LogP contribution in [-0.2, 0) is 16.0 Å². The third-order valence-electron chi connectivity index (χ3n) is 7.18. The van der Waals surface area contributed by atoms with Crippen molar-refractivity contribution in [3.8, 4) is 11.5 Å². The Bertz CT molecular complexity index is 1730. The highest BCUT2D eigenvalue weighted by atomic mass is 16.5. The third-order valence-corrected chi connectivity index (χ3v) is 7.18. The number of para-hydroxylation sites is 1. The van der Waals surface area contributed by atoms with Crippen molar-refractivity contribution in [1.82, 2.24) is 15.2 Å². The van der Waals surface area contributed by atoms with Gasteiger partial charge in [-0.2, -0.15) is 0 Å². The molecule has 0 amide bonds. The molecule has 0 saturated carbocycles. The lowest BCUT2D eigenvalue weighted by atomic mass is 9.96. The molecular formula is C31H26N6O3. The molecular weight excluding hydrogens is 504 g/mol. The first kappa shape index (κ1) is 24.2. The molecule has 1 atom stereocenters. The molecule has 4 heterocycles. The molecule has 9 nitrogen and oxygen atoms in total. The first-order valence-electron chi connectivity index (χ1n) is 13.3. The molecule has 40 heavy (non-hydrogen) atoms. The Balaban J connectivity index is 1.25. The number of hydrogen-bond acceptors (Lipinski definition) is 9. The van der Waals surface area contributed by atoms with Crippen LogP contribution in [0.2, 0.25) is 0 Å². The van der Waals surface area contributed by atoms with Gasteiger partial charge in [0.15, 0.2) is 11.9 Å². The predicted molar refractivity (Wildman–Crippen MR) is 153 cm³/mol. The summed E-state index contributed by atoms with van der Waals surface area (Å²) in [5.74, 6) is 1.00. The lowest BCUT2D eigenvalue weighted by molar-refractivity contribution is -0.119. The number of hydrogen-bond donors (Lipinski definition) is 1. The zero-order valence-corrected chi connectivity index (χ0v) is 21.7. The molecule has 0 radical (unpaired) electrons. The molecule has 0 spiro atoms. The van der Waals surface area contributed by atoms with E-state index < -0.39 is 6.17 Å². The van der Waals surface area contributed by atoms with E-state index in [1.807, 2.05) is 84.9 Å². The summed E-state index contributed by atoms with van der Waals surface area (Å²) >= 11 is 0. The lowest BCUT2D eigenvalue weighted by Gasteiger charge is -2.29. The number of benzene rings is 3. The Morgan fingerprint density at radius 3 is 2.50 bits per heavy atom. The maximum absolute atomic E-state index is 13.4. The number of anilines is 2. The summed E-state index contributed by atoms with van der Waals surface area (Å²) in [7, 11) is 0. The largest absolute Gasteiger partial charge is 0.403 e. The van der Waals surface area contributed by atoms with Gasteiger partial charge in [-0.05, 0) is 17.7 Å². The van der Waals surface area contributed by atoms with Crippen LogP contribution < -0.4 is 10.2 Å². The number of nitrogens with zero attached hydrogens (tertiary/aromatic N) is 5. The van der Waals surface area contributed by atoms with Gasteiger partial charge in [0.1, 0.15) is 5.82 Å². The number of rotatable bonds is 5. The lowest BCUT2D eigenvalue weighted by Crippen LogP contribution is -2.37.